The zero-order chi connectivity index (χ0) is 12.7. The molecule has 0 fully saturated rings. The van der Waals surface area contributed by atoms with E-state index >= 15 is 0 Å². The van der Waals surface area contributed by atoms with E-state index in [1.165, 1.54) is 17.7 Å². The van der Waals surface area contributed by atoms with Gasteiger partial charge in [-0.2, -0.15) is 5.10 Å². The van der Waals surface area contributed by atoms with E-state index < -0.39 is 0 Å². The molecule has 1 aliphatic rings. The highest BCUT2D eigenvalue weighted by molar-refractivity contribution is 5.77. The summed E-state index contributed by atoms with van der Waals surface area (Å²) in [4.78, 5) is 4.48. The zero-order valence-corrected chi connectivity index (χ0v) is 10.5. The van der Waals surface area contributed by atoms with Crippen LogP contribution in [0.5, 0.6) is 0 Å². The van der Waals surface area contributed by atoms with Gasteiger partial charge < -0.3 is 5.32 Å². The van der Waals surface area contributed by atoms with Crippen LogP contribution < -0.4 is 5.32 Å². The van der Waals surface area contributed by atoms with Crippen LogP contribution in [0.25, 0.3) is 5.52 Å². The molecule has 4 nitrogen and oxygen atoms in total. The molecule has 2 aromatic heterocycles. The third-order valence-electron chi connectivity index (χ3n) is 3.60. The Kier molecular flexibility index (Phi) is 2.27. The summed E-state index contributed by atoms with van der Waals surface area (Å²) in [6.45, 7) is 0. The number of aryl methyl sites for hydroxylation is 2. The fourth-order valence-corrected chi connectivity index (χ4v) is 2.75. The number of nitrogens with one attached hydrogen (secondary N) is 1. The molecule has 0 saturated heterocycles. The van der Waals surface area contributed by atoms with Crippen LogP contribution >= 0.6 is 0 Å². The van der Waals surface area contributed by atoms with Gasteiger partial charge in [-0.05, 0) is 31.4 Å². The number of hydrogen-bond acceptors (Lipinski definition) is 3. The highest BCUT2D eigenvalue weighted by Crippen LogP contribution is 2.30. The Morgan fingerprint density at radius 1 is 1.11 bits per heavy atom. The largest absolute Gasteiger partial charge is 0.338 e. The van der Waals surface area contributed by atoms with Crippen molar-refractivity contribution in [2.45, 2.75) is 19.3 Å². The second-order valence-corrected chi connectivity index (χ2v) is 4.84. The molecule has 1 N–H and O–H groups in total. The second-order valence-electron chi connectivity index (χ2n) is 4.84. The lowest BCUT2D eigenvalue weighted by Crippen LogP contribution is -1.99. The summed E-state index contributed by atoms with van der Waals surface area (Å²) in [5.41, 5.74) is 4.76. The Hall–Kier alpha value is -2.36. The standard InChI is InChI=1S/C15H14N4/c1-2-5-11(6-3-1)17-15-14-12-7-4-8-13(12)18-19(14)10-9-16-15/h1-3,5-6,9-10H,4,7-8H2,(H,16,17). The fourth-order valence-electron chi connectivity index (χ4n) is 2.75. The molecule has 4 rings (SSSR count). The number of para-hydroxylation sites is 1. The van der Waals surface area contributed by atoms with E-state index in [-0.39, 0.29) is 0 Å². The number of fused-ring (bicyclic) bond motifs is 3. The lowest BCUT2D eigenvalue weighted by Gasteiger charge is -2.07. The molecule has 1 aromatic carbocycles. The molecule has 94 valence electrons. The molecule has 0 aliphatic heterocycles. The molecule has 0 saturated carbocycles. The highest BCUT2D eigenvalue weighted by atomic mass is 15.2. The smallest absolute Gasteiger partial charge is 0.156 e. The van der Waals surface area contributed by atoms with Crippen LogP contribution in [0.15, 0.2) is 42.7 Å². The van der Waals surface area contributed by atoms with Gasteiger partial charge in [-0.25, -0.2) is 9.50 Å². The maximum atomic E-state index is 4.63. The first-order valence-electron chi connectivity index (χ1n) is 6.59. The van der Waals surface area contributed by atoms with E-state index in [2.05, 4.69) is 15.4 Å². The van der Waals surface area contributed by atoms with Gasteiger partial charge in [0.05, 0.1) is 5.69 Å². The number of anilines is 2. The molecule has 0 amide bonds. The lowest BCUT2D eigenvalue weighted by molar-refractivity contribution is 0.836. The first-order chi connectivity index (χ1) is 9.42. The third kappa shape index (κ3) is 1.68. The van der Waals surface area contributed by atoms with Gasteiger partial charge in [-0.3, -0.25) is 0 Å². The van der Waals surface area contributed by atoms with Crippen molar-refractivity contribution in [3.8, 4) is 0 Å². The molecule has 0 bridgehead atoms. The first kappa shape index (κ1) is 10.6. The van der Waals surface area contributed by atoms with E-state index in [1.54, 1.807) is 6.20 Å². The van der Waals surface area contributed by atoms with E-state index in [4.69, 9.17) is 0 Å². The minimum atomic E-state index is 0.893. The Balaban J connectivity index is 1.86. The van der Waals surface area contributed by atoms with Crippen LogP contribution in [0.3, 0.4) is 0 Å². The quantitative estimate of drug-likeness (QED) is 0.760. The van der Waals surface area contributed by atoms with Gasteiger partial charge in [0.1, 0.15) is 5.52 Å². The molecule has 0 radical (unpaired) electrons. The Labute approximate surface area is 111 Å². The average Bonchev–Trinajstić information content (AvgIpc) is 3.00. The molecule has 0 atom stereocenters. The van der Waals surface area contributed by atoms with Gasteiger partial charge in [0, 0.05) is 23.6 Å². The molecule has 3 aromatic rings. The SMILES string of the molecule is c1ccc(Nc2nccn3nc4c(c23)CCC4)cc1. The van der Waals surface area contributed by atoms with Crippen molar-refractivity contribution in [1.29, 1.82) is 0 Å². The van der Waals surface area contributed by atoms with E-state index in [0.29, 0.717) is 0 Å². The number of nitrogens with zero attached hydrogens (tertiary/aromatic N) is 3. The van der Waals surface area contributed by atoms with E-state index in [0.717, 1.165) is 29.9 Å². The van der Waals surface area contributed by atoms with Crippen molar-refractivity contribution in [1.82, 2.24) is 14.6 Å². The molecule has 0 unspecified atom stereocenters. The minimum absolute atomic E-state index is 0.893. The summed E-state index contributed by atoms with van der Waals surface area (Å²) in [6, 6.07) is 10.1. The van der Waals surface area contributed by atoms with E-state index in [1.807, 2.05) is 41.0 Å². The molecule has 2 heterocycles. The van der Waals surface area contributed by atoms with Crippen molar-refractivity contribution in [3.63, 3.8) is 0 Å². The summed E-state index contributed by atoms with van der Waals surface area (Å²) in [7, 11) is 0. The van der Waals surface area contributed by atoms with Crippen LogP contribution in [-0.2, 0) is 12.8 Å². The van der Waals surface area contributed by atoms with Gasteiger partial charge in [-0.1, -0.05) is 18.2 Å². The van der Waals surface area contributed by atoms with Crippen molar-refractivity contribution in [3.05, 3.63) is 54.0 Å². The topological polar surface area (TPSA) is 42.2 Å². The maximum absolute atomic E-state index is 4.63. The summed E-state index contributed by atoms with van der Waals surface area (Å²) in [6.07, 6.45) is 7.11. The highest BCUT2D eigenvalue weighted by Gasteiger charge is 2.20. The van der Waals surface area contributed by atoms with Gasteiger partial charge in [0.15, 0.2) is 5.82 Å². The number of aromatic nitrogens is 3. The minimum Gasteiger partial charge on any atom is -0.338 e. The monoisotopic (exact) mass is 250 g/mol. The van der Waals surface area contributed by atoms with Crippen molar-refractivity contribution in [2.24, 2.45) is 0 Å². The van der Waals surface area contributed by atoms with Crippen molar-refractivity contribution >= 4 is 17.0 Å². The lowest BCUT2D eigenvalue weighted by atomic mass is 10.2. The molecular formula is C15H14N4. The van der Waals surface area contributed by atoms with E-state index in [9.17, 15) is 0 Å². The van der Waals surface area contributed by atoms with Crippen LogP contribution in [0.2, 0.25) is 0 Å². The fraction of sp³-hybridized carbons (Fsp3) is 0.200. The number of hydrogen-bond donors (Lipinski definition) is 1. The van der Waals surface area contributed by atoms with Gasteiger partial charge in [-0.15, -0.1) is 0 Å². The maximum Gasteiger partial charge on any atom is 0.156 e. The zero-order valence-electron chi connectivity index (χ0n) is 10.5. The summed E-state index contributed by atoms with van der Waals surface area (Å²) < 4.78 is 1.95. The molecule has 1 aliphatic carbocycles. The van der Waals surface area contributed by atoms with Crippen LogP contribution in [-0.4, -0.2) is 14.6 Å². The third-order valence-corrected chi connectivity index (χ3v) is 3.60. The summed E-state index contributed by atoms with van der Waals surface area (Å²) in [5.74, 6) is 0.893. The number of benzene rings is 1. The van der Waals surface area contributed by atoms with Gasteiger partial charge in [0.2, 0.25) is 0 Å². The normalized spacial score (nSPS) is 13.7. The Morgan fingerprint density at radius 2 is 2.00 bits per heavy atom. The van der Waals surface area contributed by atoms with Crippen molar-refractivity contribution in [2.75, 3.05) is 5.32 Å². The molecule has 19 heavy (non-hydrogen) atoms. The first-order valence-corrected chi connectivity index (χ1v) is 6.59. The Morgan fingerprint density at radius 3 is 2.89 bits per heavy atom. The van der Waals surface area contributed by atoms with Gasteiger partial charge >= 0.3 is 0 Å². The van der Waals surface area contributed by atoms with Crippen LogP contribution in [0, 0.1) is 0 Å². The Bertz CT molecular complexity index is 730. The molecule has 4 heteroatoms. The number of rotatable bonds is 2. The molecule has 0 spiro atoms. The predicted octanol–water partition coefficient (Wildman–Crippen LogP) is 2.96. The summed E-state index contributed by atoms with van der Waals surface area (Å²) in [5, 5.41) is 8.02. The summed E-state index contributed by atoms with van der Waals surface area (Å²) >= 11 is 0. The van der Waals surface area contributed by atoms with Crippen molar-refractivity contribution < 1.29 is 0 Å². The van der Waals surface area contributed by atoms with Crippen LogP contribution in [0.1, 0.15) is 17.7 Å². The average molecular weight is 250 g/mol. The molecular weight excluding hydrogens is 236 g/mol. The van der Waals surface area contributed by atoms with Crippen LogP contribution in [0.4, 0.5) is 11.5 Å². The second kappa shape index (κ2) is 4.09. The predicted molar refractivity (Wildman–Crippen MR) is 74.7 cm³/mol. The van der Waals surface area contributed by atoms with Gasteiger partial charge in [0.25, 0.3) is 0 Å².